The highest BCUT2D eigenvalue weighted by Crippen LogP contribution is 2.39. The van der Waals surface area contributed by atoms with Crippen LogP contribution in [0.3, 0.4) is 0 Å². The average molecular weight is 298 g/mol. The molecule has 1 N–H and O–H groups in total. The van der Waals surface area contributed by atoms with Gasteiger partial charge in [-0.2, -0.15) is 0 Å². The van der Waals surface area contributed by atoms with Crippen molar-refractivity contribution >= 4 is 21.6 Å². The van der Waals surface area contributed by atoms with Crippen molar-refractivity contribution in [2.75, 3.05) is 12.4 Å². The molecule has 0 aliphatic heterocycles. The van der Waals surface area contributed by atoms with Crippen molar-refractivity contribution in [3.05, 3.63) is 22.7 Å². The van der Waals surface area contributed by atoms with Gasteiger partial charge in [-0.15, -0.1) is 0 Å². The van der Waals surface area contributed by atoms with Crippen molar-refractivity contribution in [1.29, 1.82) is 0 Å². The third kappa shape index (κ3) is 3.15. The maximum Gasteiger partial charge on any atom is 0.142 e. The van der Waals surface area contributed by atoms with Gasteiger partial charge in [-0.05, 0) is 42.9 Å². The predicted octanol–water partition coefficient (Wildman–Crippen LogP) is 4.45. The van der Waals surface area contributed by atoms with E-state index in [1.807, 2.05) is 12.1 Å². The van der Waals surface area contributed by atoms with Crippen molar-refractivity contribution in [3.63, 3.8) is 0 Å². The minimum Gasteiger partial charge on any atom is -0.495 e. The van der Waals surface area contributed by atoms with Crippen LogP contribution in [-0.2, 0) is 0 Å². The van der Waals surface area contributed by atoms with E-state index in [2.05, 4.69) is 41.2 Å². The highest BCUT2D eigenvalue weighted by atomic mass is 79.9. The number of halogens is 1. The summed E-state index contributed by atoms with van der Waals surface area (Å²) in [5, 5.41) is 3.60. The second-order valence-electron chi connectivity index (χ2n) is 5.59. The second kappa shape index (κ2) is 4.89. The average Bonchev–Trinajstić information content (AvgIpc) is 2.58. The Bertz CT molecular complexity index is 403. The topological polar surface area (TPSA) is 21.3 Å². The number of rotatable bonds is 3. The largest absolute Gasteiger partial charge is 0.495 e. The Labute approximate surface area is 112 Å². The second-order valence-corrected chi connectivity index (χ2v) is 6.51. The lowest BCUT2D eigenvalue weighted by Gasteiger charge is -2.20. The molecule has 1 atom stereocenters. The number of anilines is 1. The normalized spacial score (nSPS) is 22.5. The van der Waals surface area contributed by atoms with Crippen LogP contribution in [0.25, 0.3) is 0 Å². The summed E-state index contributed by atoms with van der Waals surface area (Å²) in [7, 11) is 1.72. The lowest BCUT2D eigenvalue weighted by atomic mass is 9.92. The number of hydrogen-bond donors (Lipinski definition) is 1. The molecule has 1 aliphatic carbocycles. The Morgan fingerprint density at radius 2 is 2.18 bits per heavy atom. The molecule has 1 aromatic rings. The van der Waals surface area contributed by atoms with E-state index < -0.39 is 0 Å². The van der Waals surface area contributed by atoms with Crippen molar-refractivity contribution < 1.29 is 4.74 Å². The fraction of sp³-hybridized carbons (Fsp3) is 0.571. The van der Waals surface area contributed by atoms with Gasteiger partial charge in [0.2, 0.25) is 0 Å². The predicted molar refractivity (Wildman–Crippen MR) is 75.7 cm³/mol. The number of nitrogens with one attached hydrogen (secondary N) is 1. The molecule has 0 bridgehead atoms. The maximum absolute atomic E-state index is 5.38. The molecule has 2 rings (SSSR count). The molecule has 0 heterocycles. The highest BCUT2D eigenvalue weighted by Gasteiger charge is 2.31. The summed E-state index contributed by atoms with van der Waals surface area (Å²) in [6.45, 7) is 4.68. The molecule has 94 valence electrons. The van der Waals surface area contributed by atoms with E-state index in [4.69, 9.17) is 4.74 Å². The fourth-order valence-electron chi connectivity index (χ4n) is 2.57. The number of methoxy groups -OCH3 is 1. The van der Waals surface area contributed by atoms with E-state index in [1.165, 1.54) is 19.3 Å². The standard InChI is InChI=1S/C14H20BrNO/c1-14(2)7-6-11(9-14)16-12-8-10(15)4-5-13(12)17-3/h4-5,8,11,16H,6-7,9H2,1-3H3. The molecule has 0 aromatic heterocycles. The Balaban J connectivity index is 2.11. The molecule has 1 aromatic carbocycles. The lowest BCUT2D eigenvalue weighted by molar-refractivity contribution is 0.378. The van der Waals surface area contributed by atoms with Gasteiger partial charge in [0.1, 0.15) is 5.75 Å². The smallest absolute Gasteiger partial charge is 0.142 e. The van der Waals surface area contributed by atoms with Crippen LogP contribution in [0.15, 0.2) is 22.7 Å². The van der Waals surface area contributed by atoms with Crippen molar-refractivity contribution in [3.8, 4) is 5.75 Å². The van der Waals surface area contributed by atoms with E-state index in [9.17, 15) is 0 Å². The zero-order valence-electron chi connectivity index (χ0n) is 10.7. The van der Waals surface area contributed by atoms with Crippen LogP contribution in [0.4, 0.5) is 5.69 Å². The first-order valence-corrected chi connectivity index (χ1v) is 6.89. The van der Waals surface area contributed by atoms with Crippen LogP contribution >= 0.6 is 15.9 Å². The first kappa shape index (κ1) is 12.7. The Morgan fingerprint density at radius 3 is 2.76 bits per heavy atom. The van der Waals surface area contributed by atoms with Gasteiger partial charge >= 0.3 is 0 Å². The zero-order valence-corrected chi connectivity index (χ0v) is 12.3. The molecule has 1 unspecified atom stereocenters. The molecule has 0 spiro atoms. The quantitative estimate of drug-likeness (QED) is 0.890. The number of hydrogen-bond acceptors (Lipinski definition) is 2. The summed E-state index contributed by atoms with van der Waals surface area (Å²) in [5.74, 6) is 0.915. The molecule has 0 radical (unpaired) electrons. The summed E-state index contributed by atoms with van der Waals surface area (Å²) >= 11 is 3.50. The van der Waals surface area contributed by atoms with E-state index >= 15 is 0 Å². The summed E-state index contributed by atoms with van der Waals surface area (Å²) in [6, 6.07) is 6.65. The van der Waals surface area contributed by atoms with Crippen LogP contribution in [0.5, 0.6) is 5.75 Å². The molecule has 0 amide bonds. The van der Waals surface area contributed by atoms with Gasteiger partial charge in [0.05, 0.1) is 12.8 Å². The maximum atomic E-state index is 5.38. The van der Waals surface area contributed by atoms with Crippen molar-refractivity contribution in [1.82, 2.24) is 0 Å². The van der Waals surface area contributed by atoms with Gasteiger partial charge in [0, 0.05) is 10.5 Å². The first-order chi connectivity index (χ1) is 8.00. The van der Waals surface area contributed by atoms with Crippen LogP contribution in [0, 0.1) is 5.41 Å². The fourth-order valence-corrected chi connectivity index (χ4v) is 2.93. The molecule has 0 saturated heterocycles. The Kier molecular flexibility index (Phi) is 3.67. The van der Waals surface area contributed by atoms with Crippen LogP contribution in [0.1, 0.15) is 33.1 Å². The monoisotopic (exact) mass is 297 g/mol. The molecule has 1 aliphatic rings. The third-order valence-electron chi connectivity index (χ3n) is 3.49. The van der Waals surface area contributed by atoms with Crippen LogP contribution in [-0.4, -0.2) is 13.2 Å². The van der Waals surface area contributed by atoms with Crippen LogP contribution < -0.4 is 10.1 Å². The SMILES string of the molecule is COc1ccc(Br)cc1NC1CCC(C)(C)C1. The zero-order chi connectivity index (χ0) is 12.5. The van der Waals surface area contributed by atoms with Crippen molar-refractivity contribution in [2.24, 2.45) is 5.41 Å². The van der Waals surface area contributed by atoms with E-state index in [0.29, 0.717) is 11.5 Å². The summed E-state index contributed by atoms with van der Waals surface area (Å²) in [6.07, 6.45) is 3.76. The molecular formula is C14H20BrNO. The number of ether oxygens (including phenoxy) is 1. The summed E-state index contributed by atoms with van der Waals surface area (Å²) in [5.41, 5.74) is 1.56. The minimum atomic E-state index is 0.469. The van der Waals surface area contributed by atoms with Gasteiger partial charge in [0.15, 0.2) is 0 Å². The minimum absolute atomic E-state index is 0.469. The van der Waals surface area contributed by atoms with E-state index in [-0.39, 0.29) is 0 Å². The van der Waals surface area contributed by atoms with Gasteiger partial charge < -0.3 is 10.1 Å². The van der Waals surface area contributed by atoms with Gasteiger partial charge in [0.25, 0.3) is 0 Å². The summed E-state index contributed by atoms with van der Waals surface area (Å²) < 4.78 is 6.46. The van der Waals surface area contributed by atoms with Crippen molar-refractivity contribution in [2.45, 2.75) is 39.2 Å². The molecule has 2 nitrogen and oxygen atoms in total. The van der Waals surface area contributed by atoms with Crippen LogP contribution in [0.2, 0.25) is 0 Å². The molecule has 3 heteroatoms. The van der Waals surface area contributed by atoms with E-state index in [1.54, 1.807) is 7.11 Å². The van der Waals surface area contributed by atoms with Gasteiger partial charge in [-0.3, -0.25) is 0 Å². The Morgan fingerprint density at radius 1 is 1.41 bits per heavy atom. The third-order valence-corrected chi connectivity index (χ3v) is 3.98. The Hall–Kier alpha value is -0.700. The molecule has 17 heavy (non-hydrogen) atoms. The molecular weight excluding hydrogens is 278 g/mol. The van der Waals surface area contributed by atoms with Gasteiger partial charge in [-0.25, -0.2) is 0 Å². The lowest BCUT2D eigenvalue weighted by Crippen LogP contribution is -2.18. The molecule has 1 fully saturated rings. The first-order valence-electron chi connectivity index (χ1n) is 6.10. The molecule has 1 saturated carbocycles. The highest BCUT2D eigenvalue weighted by molar-refractivity contribution is 9.10. The number of benzene rings is 1. The van der Waals surface area contributed by atoms with E-state index in [0.717, 1.165) is 15.9 Å². The van der Waals surface area contributed by atoms with Gasteiger partial charge in [-0.1, -0.05) is 29.8 Å². The summed E-state index contributed by atoms with van der Waals surface area (Å²) in [4.78, 5) is 0.